The first-order chi connectivity index (χ1) is 12.0. The summed E-state index contributed by atoms with van der Waals surface area (Å²) in [6.07, 6.45) is -0.512. The number of carbonyl (C=O) groups is 2. The molecule has 7 heteroatoms. The Kier molecular flexibility index (Phi) is 6.33. The summed E-state index contributed by atoms with van der Waals surface area (Å²) in [4.78, 5) is 25.1. The zero-order valence-corrected chi connectivity index (χ0v) is 14.0. The van der Waals surface area contributed by atoms with E-state index in [-0.39, 0.29) is 11.6 Å². The number of rotatable bonds is 5. The molecule has 132 valence electrons. The van der Waals surface area contributed by atoms with Crippen LogP contribution in [0.25, 0.3) is 0 Å². The minimum atomic E-state index is -0.623. The molecule has 0 fully saturated rings. The second-order valence-electron chi connectivity index (χ2n) is 5.14. The number of benzene rings is 2. The van der Waals surface area contributed by atoms with Crippen molar-refractivity contribution in [3.05, 3.63) is 54.3 Å². The SMILES string of the molecule is CCCN(C(=O)Oc1cccc(NC(=O)OC)c1)c1ccc(F)cc1. The molecule has 0 saturated heterocycles. The number of carbonyl (C=O) groups excluding carboxylic acids is 2. The van der Waals surface area contributed by atoms with Crippen molar-refractivity contribution in [2.75, 3.05) is 23.9 Å². The lowest BCUT2D eigenvalue weighted by Crippen LogP contribution is -2.34. The maximum Gasteiger partial charge on any atom is 0.419 e. The smallest absolute Gasteiger partial charge is 0.419 e. The highest BCUT2D eigenvalue weighted by atomic mass is 19.1. The molecule has 0 heterocycles. The Bertz CT molecular complexity index is 734. The molecular formula is C18H19FN2O4. The zero-order valence-electron chi connectivity index (χ0n) is 14.0. The number of hydrogen-bond donors (Lipinski definition) is 1. The zero-order chi connectivity index (χ0) is 18.2. The van der Waals surface area contributed by atoms with E-state index in [1.54, 1.807) is 18.2 Å². The fourth-order valence-electron chi connectivity index (χ4n) is 2.13. The summed E-state index contributed by atoms with van der Waals surface area (Å²) in [6, 6.07) is 12.0. The third-order valence-electron chi connectivity index (χ3n) is 3.28. The Morgan fingerprint density at radius 2 is 1.88 bits per heavy atom. The number of anilines is 2. The van der Waals surface area contributed by atoms with Gasteiger partial charge in [-0.15, -0.1) is 0 Å². The number of methoxy groups -OCH3 is 1. The van der Waals surface area contributed by atoms with Gasteiger partial charge in [-0.3, -0.25) is 10.2 Å². The minimum Gasteiger partial charge on any atom is -0.453 e. The average molecular weight is 346 g/mol. The first-order valence-electron chi connectivity index (χ1n) is 7.73. The number of nitrogens with zero attached hydrogens (tertiary/aromatic N) is 1. The Labute approximate surface area is 145 Å². The fourth-order valence-corrected chi connectivity index (χ4v) is 2.13. The van der Waals surface area contributed by atoms with E-state index < -0.39 is 12.2 Å². The lowest BCUT2D eigenvalue weighted by Gasteiger charge is -2.21. The molecule has 0 atom stereocenters. The molecule has 0 aliphatic carbocycles. The molecular weight excluding hydrogens is 327 g/mol. The van der Waals surface area contributed by atoms with Crippen molar-refractivity contribution in [1.82, 2.24) is 0 Å². The summed E-state index contributed by atoms with van der Waals surface area (Å²) in [5.74, 6) is -0.114. The van der Waals surface area contributed by atoms with Gasteiger partial charge in [0.05, 0.1) is 7.11 Å². The Morgan fingerprint density at radius 1 is 1.16 bits per heavy atom. The number of nitrogens with one attached hydrogen (secondary N) is 1. The van der Waals surface area contributed by atoms with Crippen LogP contribution in [0.2, 0.25) is 0 Å². The number of amides is 2. The molecule has 1 N–H and O–H groups in total. The first-order valence-corrected chi connectivity index (χ1v) is 7.73. The summed E-state index contributed by atoms with van der Waals surface area (Å²) in [5, 5.41) is 2.49. The molecule has 0 radical (unpaired) electrons. The van der Waals surface area contributed by atoms with Crippen molar-refractivity contribution < 1.29 is 23.5 Å². The highest BCUT2D eigenvalue weighted by Gasteiger charge is 2.17. The van der Waals surface area contributed by atoms with E-state index >= 15 is 0 Å². The summed E-state index contributed by atoms with van der Waals surface area (Å²) in [5.41, 5.74) is 0.970. The second-order valence-corrected chi connectivity index (χ2v) is 5.14. The quantitative estimate of drug-likeness (QED) is 0.870. The predicted molar refractivity (Wildman–Crippen MR) is 92.5 cm³/mol. The summed E-state index contributed by atoms with van der Waals surface area (Å²) < 4.78 is 23.0. The van der Waals surface area contributed by atoms with Gasteiger partial charge in [0.25, 0.3) is 0 Å². The molecule has 0 saturated carbocycles. The largest absolute Gasteiger partial charge is 0.453 e. The molecule has 2 amide bonds. The molecule has 0 unspecified atom stereocenters. The van der Waals surface area contributed by atoms with Crippen LogP contribution in [0.3, 0.4) is 0 Å². The van der Waals surface area contributed by atoms with Crippen LogP contribution in [0, 0.1) is 5.82 Å². The van der Waals surface area contributed by atoms with Gasteiger partial charge in [0, 0.05) is 24.0 Å². The van der Waals surface area contributed by atoms with E-state index in [1.165, 1.54) is 42.3 Å². The third-order valence-corrected chi connectivity index (χ3v) is 3.28. The first kappa shape index (κ1) is 18.3. The molecule has 6 nitrogen and oxygen atoms in total. The lowest BCUT2D eigenvalue weighted by atomic mass is 10.2. The van der Waals surface area contributed by atoms with Gasteiger partial charge in [-0.25, -0.2) is 14.0 Å². The van der Waals surface area contributed by atoms with Crippen molar-refractivity contribution in [3.63, 3.8) is 0 Å². The van der Waals surface area contributed by atoms with E-state index in [9.17, 15) is 14.0 Å². The van der Waals surface area contributed by atoms with Crippen LogP contribution in [0.4, 0.5) is 25.4 Å². The van der Waals surface area contributed by atoms with Crippen LogP contribution in [-0.4, -0.2) is 25.8 Å². The van der Waals surface area contributed by atoms with E-state index in [1.807, 2.05) is 6.92 Å². The molecule has 2 rings (SSSR count). The van der Waals surface area contributed by atoms with Crippen LogP contribution in [0.15, 0.2) is 48.5 Å². The maximum atomic E-state index is 13.1. The van der Waals surface area contributed by atoms with Gasteiger partial charge in [-0.05, 0) is 42.8 Å². The molecule has 0 spiro atoms. The van der Waals surface area contributed by atoms with Gasteiger partial charge in [-0.1, -0.05) is 13.0 Å². The van der Waals surface area contributed by atoms with Crippen LogP contribution in [0.1, 0.15) is 13.3 Å². The van der Waals surface area contributed by atoms with Crippen molar-refractivity contribution in [3.8, 4) is 5.75 Å². The van der Waals surface area contributed by atoms with Crippen LogP contribution >= 0.6 is 0 Å². The van der Waals surface area contributed by atoms with Gasteiger partial charge in [0.15, 0.2) is 0 Å². The van der Waals surface area contributed by atoms with E-state index in [4.69, 9.17) is 4.74 Å². The van der Waals surface area contributed by atoms with Crippen molar-refractivity contribution >= 4 is 23.6 Å². The number of ether oxygens (including phenoxy) is 2. The van der Waals surface area contributed by atoms with Crippen LogP contribution in [0.5, 0.6) is 5.75 Å². The van der Waals surface area contributed by atoms with Gasteiger partial charge < -0.3 is 9.47 Å². The van der Waals surface area contributed by atoms with Gasteiger partial charge in [-0.2, -0.15) is 0 Å². The lowest BCUT2D eigenvalue weighted by molar-refractivity contribution is 0.187. The topological polar surface area (TPSA) is 67.9 Å². The van der Waals surface area contributed by atoms with E-state index in [0.29, 0.717) is 24.3 Å². The molecule has 2 aromatic carbocycles. The van der Waals surface area contributed by atoms with E-state index in [0.717, 1.165) is 0 Å². The van der Waals surface area contributed by atoms with Crippen molar-refractivity contribution in [2.24, 2.45) is 0 Å². The number of halogens is 1. The molecule has 0 aromatic heterocycles. The highest BCUT2D eigenvalue weighted by Crippen LogP contribution is 2.21. The molecule has 2 aromatic rings. The fraction of sp³-hybridized carbons (Fsp3) is 0.222. The van der Waals surface area contributed by atoms with Crippen LogP contribution in [-0.2, 0) is 4.74 Å². The van der Waals surface area contributed by atoms with Crippen molar-refractivity contribution in [1.29, 1.82) is 0 Å². The summed E-state index contributed by atoms with van der Waals surface area (Å²) >= 11 is 0. The Balaban J connectivity index is 2.14. The summed E-state index contributed by atoms with van der Waals surface area (Å²) in [6.45, 7) is 2.34. The molecule has 0 aliphatic heterocycles. The predicted octanol–water partition coefficient (Wildman–Crippen LogP) is 4.42. The third kappa shape index (κ3) is 5.20. The second kappa shape index (κ2) is 8.68. The molecule has 0 bridgehead atoms. The van der Waals surface area contributed by atoms with Gasteiger partial charge in [0.2, 0.25) is 0 Å². The molecule has 0 aliphatic rings. The normalized spacial score (nSPS) is 10.0. The average Bonchev–Trinajstić information content (AvgIpc) is 2.60. The standard InChI is InChI=1S/C18H19FN2O4/c1-3-11-21(15-9-7-13(19)8-10-15)18(23)25-16-6-4-5-14(12-16)20-17(22)24-2/h4-10,12H,3,11H2,1-2H3,(H,20,22). The van der Waals surface area contributed by atoms with Crippen LogP contribution < -0.4 is 15.0 Å². The highest BCUT2D eigenvalue weighted by molar-refractivity contribution is 5.89. The minimum absolute atomic E-state index is 0.266. The number of hydrogen-bond acceptors (Lipinski definition) is 4. The van der Waals surface area contributed by atoms with E-state index in [2.05, 4.69) is 10.1 Å². The van der Waals surface area contributed by atoms with Gasteiger partial charge >= 0.3 is 12.2 Å². The maximum absolute atomic E-state index is 13.1. The molecule has 25 heavy (non-hydrogen) atoms. The Hall–Kier alpha value is -3.09. The summed E-state index contributed by atoms with van der Waals surface area (Å²) in [7, 11) is 1.25. The Morgan fingerprint density at radius 3 is 2.52 bits per heavy atom. The van der Waals surface area contributed by atoms with Gasteiger partial charge in [0.1, 0.15) is 11.6 Å². The van der Waals surface area contributed by atoms with Crippen molar-refractivity contribution in [2.45, 2.75) is 13.3 Å². The monoisotopic (exact) mass is 346 g/mol.